The van der Waals surface area contributed by atoms with Gasteiger partial charge >= 0.3 is 0 Å². The lowest BCUT2D eigenvalue weighted by Crippen LogP contribution is -2.39. The maximum Gasteiger partial charge on any atom is 0.281 e. The first kappa shape index (κ1) is 22.3. The van der Waals surface area contributed by atoms with Crippen LogP contribution in [0.25, 0.3) is 11.2 Å². The Bertz CT molecular complexity index is 1400. The van der Waals surface area contributed by atoms with Crippen LogP contribution in [0, 0.1) is 6.92 Å². The quantitative estimate of drug-likeness (QED) is 0.475. The zero-order valence-electron chi connectivity index (χ0n) is 18.9. The van der Waals surface area contributed by atoms with Crippen LogP contribution in [-0.2, 0) is 17.8 Å². The smallest absolute Gasteiger partial charge is 0.281 e. The van der Waals surface area contributed by atoms with E-state index in [2.05, 4.69) is 15.3 Å². The van der Waals surface area contributed by atoms with Crippen molar-refractivity contribution < 1.29 is 4.79 Å². The van der Waals surface area contributed by atoms with Crippen molar-refractivity contribution in [3.63, 3.8) is 0 Å². The van der Waals surface area contributed by atoms with Gasteiger partial charge in [0.2, 0.25) is 5.91 Å². The van der Waals surface area contributed by atoms with E-state index in [1.54, 1.807) is 4.68 Å². The number of nitrogens with one attached hydrogen (secondary N) is 1. The average Bonchev–Trinajstić information content (AvgIpc) is 3.25. The van der Waals surface area contributed by atoms with Gasteiger partial charge in [-0.2, -0.15) is 0 Å². The Morgan fingerprint density at radius 3 is 2.53 bits per heavy atom. The van der Waals surface area contributed by atoms with E-state index in [1.807, 2.05) is 60.4 Å². The van der Waals surface area contributed by atoms with Gasteiger partial charge in [-0.1, -0.05) is 59.3 Å². The van der Waals surface area contributed by atoms with Crippen molar-refractivity contribution in [1.82, 2.24) is 29.9 Å². The van der Waals surface area contributed by atoms with Gasteiger partial charge in [0.1, 0.15) is 5.82 Å². The fraction of sp³-hybridized carbons (Fsp3) is 0.320. The van der Waals surface area contributed by atoms with Crippen molar-refractivity contribution in [3.05, 3.63) is 86.4 Å². The second kappa shape index (κ2) is 9.38. The van der Waals surface area contributed by atoms with E-state index in [0.717, 1.165) is 29.5 Å². The standard InChI is InChI=1S/C25H25ClN6O2/c1-16-6-2-3-7-18(16)14-21(33)31-12-10-17(11-13-31)23-27-24-22(25(34)28-23)29-30-32(24)15-19-8-4-5-9-20(19)26/h2-9,17H,10-15H2,1H3,(H,27,28,34). The van der Waals surface area contributed by atoms with Crippen molar-refractivity contribution >= 4 is 28.7 Å². The molecule has 1 N–H and O–H groups in total. The normalized spacial score (nSPS) is 14.6. The molecule has 3 heterocycles. The molecule has 2 aromatic carbocycles. The minimum atomic E-state index is -0.302. The number of fused-ring (bicyclic) bond motifs is 1. The molecule has 0 atom stereocenters. The highest BCUT2D eigenvalue weighted by molar-refractivity contribution is 6.31. The summed E-state index contributed by atoms with van der Waals surface area (Å²) < 4.78 is 1.61. The molecule has 174 valence electrons. The van der Waals surface area contributed by atoms with E-state index in [0.29, 0.717) is 42.5 Å². The highest BCUT2D eigenvalue weighted by Crippen LogP contribution is 2.26. The number of amides is 1. The number of benzene rings is 2. The second-order valence-electron chi connectivity index (χ2n) is 8.72. The van der Waals surface area contributed by atoms with Gasteiger partial charge in [0.25, 0.3) is 5.56 Å². The summed E-state index contributed by atoms with van der Waals surface area (Å²) >= 11 is 6.29. The van der Waals surface area contributed by atoms with Crippen LogP contribution in [0.2, 0.25) is 5.02 Å². The fourth-order valence-electron chi connectivity index (χ4n) is 4.46. The number of likely N-dealkylation sites (tertiary alicyclic amines) is 1. The molecule has 0 bridgehead atoms. The number of aromatic nitrogens is 5. The molecule has 5 rings (SSSR count). The summed E-state index contributed by atoms with van der Waals surface area (Å²) in [5.74, 6) is 0.807. The van der Waals surface area contributed by atoms with E-state index in [4.69, 9.17) is 16.6 Å². The molecule has 0 saturated carbocycles. The van der Waals surface area contributed by atoms with Gasteiger partial charge < -0.3 is 9.88 Å². The van der Waals surface area contributed by atoms with Crippen molar-refractivity contribution in [2.75, 3.05) is 13.1 Å². The molecule has 1 aliphatic heterocycles. The van der Waals surface area contributed by atoms with E-state index in [9.17, 15) is 9.59 Å². The molecule has 1 saturated heterocycles. The van der Waals surface area contributed by atoms with Gasteiger partial charge in [-0.25, -0.2) is 9.67 Å². The van der Waals surface area contributed by atoms with Crippen LogP contribution in [-0.4, -0.2) is 48.9 Å². The van der Waals surface area contributed by atoms with Crippen LogP contribution in [0.1, 0.15) is 41.3 Å². The van der Waals surface area contributed by atoms with Crippen molar-refractivity contribution in [2.45, 2.75) is 38.6 Å². The summed E-state index contributed by atoms with van der Waals surface area (Å²) in [5, 5.41) is 8.78. The Kier molecular flexibility index (Phi) is 6.15. The number of hydrogen-bond acceptors (Lipinski definition) is 5. The maximum atomic E-state index is 12.8. The third-order valence-electron chi connectivity index (χ3n) is 6.51. The summed E-state index contributed by atoms with van der Waals surface area (Å²) in [7, 11) is 0. The molecule has 34 heavy (non-hydrogen) atoms. The lowest BCUT2D eigenvalue weighted by molar-refractivity contribution is -0.131. The highest BCUT2D eigenvalue weighted by atomic mass is 35.5. The van der Waals surface area contributed by atoms with Crippen LogP contribution in [0.3, 0.4) is 0 Å². The van der Waals surface area contributed by atoms with Crippen LogP contribution in [0.5, 0.6) is 0 Å². The zero-order valence-corrected chi connectivity index (χ0v) is 19.6. The predicted octanol–water partition coefficient (Wildman–Crippen LogP) is 3.47. The summed E-state index contributed by atoms with van der Waals surface area (Å²) in [4.78, 5) is 35.0. The number of hydrogen-bond donors (Lipinski definition) is 1. The zero-order chi connectivity index (χ0) is 23.7. The Morgan fingerprint density at radius 1 is 1.09 bits per heavy atom. The first-order chi connectivity index (χ1) is 16.5. The molecular weight excluding hydrogens is 452 g/mol. The van der Waals surface area contributed by atoms with Gasteiger partial charge in [-0.05, 0) is 42.5 Å². The number of rotatable bonds is 5. The Balaban J connectivity index is 1.31. The van der Waals surface area contributed by atoms with Crippen LogP contribution >= 0.6 is 11.6 Å². The summed E-state index contributed by atoms with van der Waals surface area (Å²) in [6, 6.07) is 15.5. The Hall–Kier alpha value is -3.52. The summed E-state index contributed by atoms with van der Waals surface area (Å²) in [6.07, 6.45) is 1.88. The SMILES string of the molecule is Cc1ccccc1CC(=O)N1CCC(c2nc3c(nnn3Cc3ccccc3Cl)c(=O)[nH]2)CC1. The van der Waals surface area contributed by atoms with Crippen LogP contribution in [0.15, 0.2) is 53.3 Å². The topological polar surface area (TPSA) is 96.8 Å². The minimum absolute atomic E-state index is 0.0586. The first-order valence-corrected chi connectivity index (χ1v) is 11.8. The fourth-order valence-corrected chi connectivity index (χ4v) is 4.65. The monoisotopic (exact) mass is 476 g/mol. The van der Waals surface area contributed by atoms with Gasteiger partial charge in [0.05, 0.1) is 13.0 Å². The first-order valence-electron chi connectivity index (χ1n) is 11.4. The number of carbonyl (C=O) groups excluding carboxylic acids is 1. The molecule has 8 nitrogen and oxygen atoms in total. The molecule has 1 amide bonds. The molecule has 0 radical (unpaired) electrons. The van der Waals surface area contributed by atoms with Gasteiger partial charge in [0.15, 0.2) is 11.2 Å². The van der Waals surface area contributed by atoms with Crippen molar-refractivity contribution in [3.8, 4) is 0 Å². The number of aryl methyl sites for hydroxylation is 1. The minimum Gasteiger partial charge on any atom is -0.342 e. The highest BCUT2D eigenvalue weighted by Gasteiger charge is 2.26. The largest absolute Gasteiger partial charge is 0.342 e. The van der Waals surface area contributed by atoms with E-state index >= 15 is 0 Å². The second-order valence-corrected chi connectivity index (χ2v) is 9.13. The lowest BCUT2D eigenvalue weighted by Gasteiger charge is -2.31. The number of H-pyrrole nitrogens is 1. The number of piperidine rings is 1. The summed E-state index contributed by atoms with van der Waals surface area (Å²) in [5.41, 5.74) is 3.41. The number of halogens is 1. The van der Waals surface area contributed by atoms with Crippen LogP contribution in [0.4, 0.5) is 0 Å². The molecule has 0 aliphatic carbocycles. The third-order valence-corrected chi connectivity index (χ3v) is 6.88. The van der Waals surface area contributed by atoms with E-state index in [1.165, 1.54) is 0 Å². The third kappa shape index (κ3) is 4.46. The number of nitrogens with zero attached hydrogens (tertiary/aromatic N) is 5. The van der Waals surface area contributed by atoms with Gasteiger partial charge in [0, 0.05) is 24.0 Å². The molecule has 2 aromatic heterocycles. The molecule has 0 unspecified atom stereocenters. The lowest BCUT2D eigenvalue weighted by atomic mass is 9.95. The Morgan fingerprint density at radius 2 is 1.79 bits per heavy atom. The number of aromatic amines is 1. The van der Waals surface area contributed by atoms with Gasteiger partial charge in [-0.15, -0.1) is 5.10 Å². The Labute approximate surface area is 201 Å². The van der Waals surface area contributed by atoms with Crippen molar-refractivity contribution in [2.24, 2.45) is 0 Å². The predicted molar refractivity (Wildman–Crippen MR) is 130 cm³/mol. The molecule has 4 aromatic rings. The molecule has 0 spiro atoms. The average molecular weight is 477 g/mol. The maximum absolute atomic E-state index is 12.8. The molecule has 1 fully saturated rings. The number of carbonyl (C=O) groups is 1. The molecular formula is C25H25ClN6O2. The summed E-state index contributed by atoms with van der Waals surface area (Å²) in [6.45, 7) is 3.67. The molecule has 1 aliphatic rings. The van der Waals surface area contributed by atoms with E-state index < -0.39 is 0 Å². The van der Waals surface area contributed by atoms with Crippen molar-refractivity contribution in [1.29, 1.82) is 0 Å². The molecule has 9 heteroatoms. The van der Waals surface area contributed by atoms with Gasteiger partial charge in [-0.3, -0.25) is 9.59 Å². The van der Waals surface area contributed by atoms with E-state index in [-0.39, 0.29) is 22.9 Å². The van der Waals surface area contributed by atoms with Crippen LogP contribution < -0.4 is 5.56 Å².